The summed E-state index contributed by atoms with van der Waals surface area (Å²) in [6, 6.07) is 11.7. The number of anilines is 1. The molecule has 1 aromatic heterocycles. The number of aromatic nitrogens is 1. The van der Waals surface area contributed by atoms with Crippen molar-refractivity contribution in [1.82, 2.24) is 4.98 Å². The maximum Gasteiger partial charge on any atom is 0.366 e. The third kappa shape index (κ3) is 3.41. The lowest BCUT2D eigenvalue weighted by molar-refractivity contribution is -0.389. The number of rotatable bonds is 5. The molecule has 8 nitrogen and oxygen atoms in total. The van der Waals surface area contributed by atoms with E-state index in [4.69, 9.17) is 22.7 Å². The molecule has 25 heavy (non-hydrogen) atoms. The Hall–Kier alpha value is -3.07. The van der Waals surface area contributed by atoms with Gasteiger partial charge in [0.05, 0.1) is 4.99 Å². The number of amides is 1. The number of nitrogens with two attached hydrogens (primary N) is 1. The summed E-state index contributed by atoms with van der Waals surface area (Å²) >= 11 is 4.87. The third-order valence-electron chi connectivity index (χ3n) is 3.69. The Morgan fingerprint density at radius 2 is 2.04 bits per heavy atom. The molecule has 2 N–H and O–H groups in total. The highest BCUT2D eigenvalue weighted by Crippen LogP contribution is 2.38. The molecule has 0 radical (unpaired) electrons. The predicted octanol–water partition coefficient (Wildman–Crippen LogP) is 2.13. The predicted molar refractivity (Wildman–Crippen MR) is 94.5 cm³/mol. The van der Waals surface area contributed by atoms with Crippen molar-refractivity contribution in [2.24, 2.45) is 5.73 Å². The van der Waals surface area contributed by atoms with Crippen molar-refractivity contribution in [2.45, 2.75) is 12.5 Å². The number of ether oxygens (including phenoxy) is 1. The van der Waals surface area contributed by atoms with Crippen LogP contribution in [0.25, 0.3) is 0 Å². The summed E-state index contributed by atoms with van der Waals surface area (Å²) < 4.78 is 5.76. The molecule has 1 amide bonds. The highest BCUT2D eigenvalue weighted by atomic mass is 32.1. The highest BCUT2D eigenvalue weighted by molar-refractivity contribution is 7.80. The van der Waals surface area contributed by atoms with Gasteiger partial charge in [0.25, 0.3) is 11.7 Å². The molecule has 2 heterocycles. The van der Waals surface area contributed by atoms with Crippen LogP contribution in [0.3, 0.4) is 0 Å². The van der Waals surface area contributed by atoms with Crippen LogP contribution in [0, 0.1) is 10.1 Å². The van der Waals surface area contributed by atoms with Crippen LogP contribution in [0.5, 0.6) is 5.75 Å². The van der Waals surface area contributed by atoms with E-state index in [1.807, 2.05) is 6.07 Å². The molecular formula is C16H14N4O4S. The van der Waals surface area contributed by atoms with E-state index in [-0.39, 0.29) is 35.5 Å². The zero-order valence-corrected chi connectivity index (χ0v) is 13.8. The monoisotopic (exact) mass is 358 g/mol. The van der Waals surface area contributed by atoms with Crippen molar-refractivity contribution in [2.75, 3.05) is 11.4 Å². The fourth-order valence-corrected chi connectivity index (χ4v) is 2.60. The number of benzene rings is 1. The van der Waals surface area contributed by atoms with Crippen LogP contribution in [0.15, 0.2) is 42.5 Å². The molecule has 1 aliphatic heterocycles. The number of hydrogen-bond acceptors (Lipinski definition) is 6. The first-order valence-electron chi connectivity index (χ1n) is 7.44. The first-order valence-corrected chi connectivity index (χ1v) is 7.85. The van der Waals surface area contributed by atoms with E-state index in [1.54, 1.807) is 24.3 Å². The average molecular weight is 358 g/mol. The van der Waals surface area contributed by atoms with Gasteiger partial charge in [-0.2, -0.15) is 0 Å². The number of carbonyl (C=O) groups is 1. The SMILES string of the molecule is NC(=S)CCN1C(=O)C(c2ccccc2)Oc2ccc([N+](=O)[O-])nc21. The number of hydrogen-bond donors (Lipinski definition) is 1. The Morgan fingerprint density at radius 1 is 1.32 bits per heavy atom. The van der Waals surface area contributed by atoms with Gasteiger partial charge in [-0.3, -0.25) is 9.69 Å². The molecule has 9 heteroatoms. The second-order valence-electron chi connectivity index (χ2n) is 5.36. The summed E-state index contributed by atoms with van der Waals surface area (Å²) in [6.45, 7) is 0.169. The lowest BCUT2D eigenvalue weighted by Gasteiger charge is -2.31. The van der Waals surface area contributed by atoms with Crippen LogP contribution in [0.1, 0.15) is 18.1 Å². The van der Waals surface area contributed by atoms with Gasteiger partial charge < -0.3 is 20.6 Å². The Labute approximate surface area is 148 Å². The van der Waals surface area contributed by atoms with Crippen LogP contribution in [0.4, 0.5) is 11.6 Å². The molecule has 128 valence electrons. The summed E-state index contributed by atoms with van der Waals surface area (Å²) in [7, 11) is 0. The highest BCUT2D eigenvalue weighted by Gasteiger charge is 2.39. The standard InChI is InChI=1S/C16H14N4O4S/c17-12(25)8-9-19-15-11(6-7-13(18-15)20(22)23)24-14(16(19)21)10-4-2-1-3-5-10/h1-7,14H,8-9H2,(H2,17,25). The second-order valence-corrected chi connectivity index (χ2v) is 5.89. The molecule has 1 unspecified atom stereocenters. The number of fused-ring (bicyclic) bond motifs is 1. The molecule has 1 atom stereocenters. The molecule has 0 saturated carbocycles. The minimum Gasteiger partial charge on any atom is -0.469 e. The van der Waals surface area contributed by atoms with E-state index in [1.165, 1.54) is 17.0 Å². The fourth-order valence-electron chi connectivity index (χ4n) is 2.51. The Bertz CT molecular complexity index is 843. The van der Waals surface area contributed by atoms with E-state index in [0.29, 0.717) is 11.3 Å². The first-order chi connectivity index (χ1) is 12.0. The minimum atomic E-state index is -0.858. The van der Waals surface area contributed by atoms with Crippen LogP contribution < -0.4 is 15.4 Å². The molecule has 0 aliphatic carbocycles. The Kier molecular flexibility index (Phi) is 4.57. The molecule has 0 fully saturated rings. The normalized spacial score (nSPS) is 16.1. The Balaban J connectivity index is 2.03. The zero-order valence-electron chi connectivity index (χ0n) is 13.0. The minimum absolute atomic E-state index is 0.0997. The molecule has 1 aliphatic rings. The summed E-state index contributed by atoms with van der Waals surface area (Å²) in [5.41, 5.74) is 6.21. The van der Waals surface area contributed by atoms with Crippen molar-refractivity contribution in [3.63, 3.8) is 0 Å². The molecule has 0 spiro atoms. The summed E-state index contributed by atoms with van der Waals surface area (Å²) in [4.78, 5) is 28.8. The van der Waals surface area contributed by atoms with Crippen LogP contribution in [0.2, 0.25) is 0 Å². The van der Waals surface area contributed by atoms with Crippen molar-refractivity contribution in [3.8, 4) is 5.75 Å². The van der Waals surface area contributed by atoms with Gasteiger partial charge in [-0.05, 0) is 16.0 Å². The van der Waals surface area contributed by atoms with Gasteiger partial charge in [-0.15, -0.1) is 0 Å². The lowest BCUT2D eigenvalue weighted by atomic mass is 10.1. The molecule has 0 saturated heterocycles. The third-order valence-corrected chi connectivity index (χ3v) is 3.89. The fraction of sp³-hybridized carbons (Fsp3) is 0.188. The maximum atomic E-state index is 12.9. The van der Waals surface area contributed by atoms with Crippen LogP contribution in [-0.2, 0) is 4.79 Å². The largest absolute Gasteiger partial charge is 0.469 e. The first kappa shape index (κ1) is 16.8. The van der Waals surface area contributed by atoms with Crippen molar-refractivity contribution < 1.29 is 14.5 Å². The summed E-state index contributed by atoms with van der Waals surface area (Å²) in [6.07, 6.45) is -0.588. The van der Waals surface area contributed by atoms with E-state index in [2.05, 4.69) is 4.98 Å². The van der Waals surface area contributed by atoms with Gasteiger partial charge >= 0.3 is 5.82 Å². The molecule has 3 rings (SSSR count). The van der Waals surface area contributed by atoms with Crippen molar-refractivity contribution in [1.29, 1.82) is 0 Å². The van der Waals surface area contributed by atoms with Crippen molar-refractivity contribution >= 4 is 34.7 Å². The molecule has 1 aromatic carbocycles. The van der Waals surface area contributed by atoms with Gasteiger partial charge in [0.15, 0.2) is 5.75 Å². The molecule has 2 aromatic rings. The molecular weight excluding hydrogens is 344 g/mol. The summed E-state index contributed by atoms with van der Waals surface area (Å²) in [5.74, 6) is -0.346. The van der Waals surface area contributed by atoms with Gasteiger partial charge in [0.2, 0.25) is 6.10 Å². The molecule has 0 bridgehead atoms. The van der Waals surface area contributed by atoms with Crippen LogP contribution in [-0.4, -0.2) is 27.3 Å². The number of pyridine rings is 1. The van der Waals surface area contributed by atoms with Crippen LogP contribution >= 0.6 is 12.2 Å². The lowest BCUT2D eigenvalue weighted by Crippen LogP contribution is -2.43. The van der Waals surface area contributed by atoms with E-state index in [9.17, 15) is 14.9 Å². The van der Waals surface area contributed by atoms with Gasteiger partial charge in [-0.1, -0.05) is 42.5 Å². The van der Waals surface area contributed by atoms with E-state index in [0.717, 1.165) is 0 Å². The van der Waals surface area contributed by atoms with Gasteiger partial charge in [-0.25, -0.2) is 0 Å². The number of carbonyl (C=O) groups excluding carboxylic acids is 1. The summed E-state index contributed by atoms with van der Waals surface area (Å²) in [5, 5.41) is 11.0. The number of nitrogens with zero attached hydrogens (tertiary/aromatic N) is 3. The quantitative estimate of drug-likeness (QED) is 0.495. The van der Waals surface area contributed by atoms with Crippen molar-refractivity contribution in [3.05, 3.63) is 58.1 Å². The van der Waals surface area contributed by atoms with Gasteiger partial charge in [0.1, 0.15) is 0 Å². The van der Waals surface area contributed by atoms with Gasteiger partial charge in [0, 0.05) is 24.6 Å². The zero-order chi connectivity index (χ0) is 18.0. The van der Waals surface area contributed by atoms with E-state index < -0.39 is 11.0 Å². The number of thiocarbonyl (C=S) groups is 1. The Morgan fingerprint density at radius 3 is 2.68 bits per heavy atom. The average Bonchev–Trinajstić information content (AvgIpc) is 2.60. The van der Waals surface area contributed by atoms with E-state index >= 15 is 0 Å². The number of nitro groups is 1. The maximum absolute atomic E-state index is 12.9. The second kappa shape index (κ2) is 6.81. The topological polar surface area (TPSA) is 112 Å². The smallest absolute Gasteiger partial charge is 0.366 e.